The molecule has 1 aromatic rings. The highest BCUT2D eigenvalue weighted by Crippen LogP contribution is 2.31. The second-order valence-corrected chi connectivity index (χ2v) is 11.6. The SMILES string of the molecule is CCC=CC(=Cc1c(C)cnn1NCC1CCCCC(C(C)C)CCC1)C1CCCCCCC1. The molecule has 2 atom stereocenters. The molecule has 3 rings (SSSR count). The first-order chi connectivity index (χ1) is 16.6. The maximum atomic E-state index is 4.74. The zero-order valence-electron chi connectivity index (χ0n) is 22.8. The van der Waals surface area contributed by atoms with Crippen LogP contribution >= 0.6 is 0 Å². The molecule has 2 saturated carbocycles. The Balaban J connectivity index is 1.68. The molecular formula is C31H53N3. The van der Waals surface area contributed by atoms with Crippen LogP contribution in [0, 0.1) is 30.6 Å². The van der Waals surface area contributed by atoms with E-state index in [0.29, 0.717) is 5.92 Å². The van der Waals surface area contributed by atoms with Gasteiger partial charge in [-0.15, -0.1) is 0 Å². The molecule has 3 nitrogen and oxygen atoms in total. The summed E-state index contributed by atoms with van der Waals surface area (Å²) >= 11 is 0. The van der Waals surface area contributed by atoms with Gasteiger partial charge < -0.3 is 5.43 Å². The maximum Gasteiger partial charge on any atom is 0.0877 e. The second kappa shape index (κ2) is 14.8. The molecule has 2 fully saturated rings. The lowest BCUT2D eigenvalue weighted by molar-refractivity contribution is 0.322. The summed E-state index contributed by atoms with van der Waals surface area (Å²) in [7, 11) is 0. The van der Waals surface area contributed by atoms with E-state index in [1.165, 1.54) is 107 Å². The summed E-state index contributed by atoms with van der Waals surface area (Å²) in [4.78, 5) is 2.08. The fourth-order valence-electron chi connectivity index (χ4n) is 6.13. The van der Waals surface area contributed by atoms with E-state index in [1.54, 1.807) is 0 Å². The van der Waals surface area contributed by atoms with Gasteiger partial charge in [0.05, 0.1) is 11.9 Å². The van der Waals surface area contributed by atoms with Crippen molar-refractivity contribution in [3.63, 3.8) is 0 Å². The van der Waals surface area contributed by atoms with Crippen LogP contribution in [0.15, 0.2) is 23.9 Å². The van der Waals surface area contributed by atoms with Crippen molar-refractivity contribution in [2.24, 2.45) is 23.7 Å². The smallest absolute Gasteiger partial charge is 0.0877 e. The molecule has 192 valence electrons. The Kier molecular flexibility index (Phi) is 11.8. The van der Waals surface area contributed by atoms with Crippen LogP contribution in [0.1, 0.15) is 128 Å². The van der Waals surface area contributed by atoms with Crippen molar-refractivity contribution in [3.05, 3.63) is 35.2 Å². The normalized spacial score (nSPS) is 24.4. The van der Waals surface area contributed by atoms with E-state index in [2.05, 4.69) is 56.1 Å². The van der Waals surface area contributed by atoms with Crippen molar-refractivity contribution in [1.82, 2.24) is 9.89 Å². The highest BCUT2D eigenvalue weighted by molar-refractivity contribution is 5.56. The van der Waals surface area contributed by atoms with E-state index in [0.717, 1.165) is 30.7 Å². The Hall–Kier alpha value is -1.51. The Morgan fingerprint density at radius 1 is 0.971 bits per heavy atom. The van der Waals surface area contributed by atoms with Crippen LogP contribution in [0.2, 0.25) is 0 Å². The van der Waals surface area contributed by atoms with Crippen LogP contribution < -0.4 is 5.43 Å². The molecule has 1 N–H and O–H groups in total. The molecule has 3 heteroatoms. The molecule has 0 aliphatic heterocycles. The zero-order chi connectivity index (χ0) is 24.2. The molecule has 0 spiro atoms. The van der Waals surface area contributed by atoms with E-state index >= 15 is 0 Å². The number of nitrogens with zero attached hydrogens (tertiary/aromatic N) is 2. The molecule has 0 saturated heterocycles. The lowest BCUT2D eigenvalue weighted by Crippen LogP contribution is -2.25. The Labute approximate surface area is 210 Å². The number of aryl methyl sites for hydroxylation is 1. The Morgan fingerprint density at radius 2 is 1.62 bits per heavy atom. The van der Waals surface area contributed by atoms with Crippen molar-refractivity contribution < 1.29 is 0 Å². The van der Waals surface area contributed by atoms with Gasteiger partial charge in [-0.3, -0.25) is 0 Å². The van der Waals surface area contributed by atoms with Crippen LogP contribution in [-0.4, -0.2) is 16.4 Å². The molecule has 1 heterocycles. The molecular weight excluding hydrogens is 414 g/mol. The third-order valence-corrected chi connectivity index (χ3v) is 8.52. The third kappa shape index (κ3) is 8.61. The van der Waals surface area contributed by atoms with Gasteiger partial charge in [0.1, 0.15) is 0 Å². The van der Waals surface area contributed by atoms with Gasteiger partial charge in [-0.2, -0.15) is 9.89 Å². The number of aromatic nitrogens is 2. The van der Waals surface area contributed by atoms with E-state index < -0.39 is 0 Å². The number of allylic oxidation sites excluding steroid dienone is 3. The highest BCUT2D eigenvalue weighted by Gasteiger charge is 2.19. The first-order valence-electron chi connectivity index (χ1n) is 14.7. The minimum atomic E-state index is 0.689. The second-order valence-electron chi connectivity index (χ2n) is 11.6. The predicted molar refractivity (Wildman–Crippen MR) is 149 cm³/mol. The van der Waals surface area contributed by atoms with E-state index in [9.17, 15) is 0 Å². The molecule has 0 radical (unpaired) electrons. The molecule has 0 amide bonds. The number of hydrogen-bond donors (Lipinski definition) is 1. The van der Waals surface area contributed by atoms with Crippen molar-refractivity contribution in [3.8, 4) is 0 Å². The fraction of sp³-hybridized carbons (Fsp3) is 0.774. The van der Waals surface area contributed by atoms with Gasteiger partial charge in [-0.1, -0.05) is 97.1 Å². The van der Waals surface area contributed by atoms with Gasteiger partial charge in [0.15, 0.2) is 0 Å². The summed E-state index contributed by atoms with van der Waals surface area (Å²) in [6.45, 7) is 10.3. The topological polar surface area (TPSA) is 29.9 Å². The quantitative estimate of drug-likeness (QED) is 0.386. The molecule has 2 aliphatic carbocycles. The first-order valence-corrected chi connectivity index (χ1v) is 14.7. The van der Waals surface area contributed by atoms with Crippen LogP contribution in [0.3, 0.4) is 0 Å². The van der Waals surface area contributed by atoms with E-state index in [4.69, 9.17) is 5.10 Å². The maximum absolute atomic E-state index is 4.74. The van der Waals surface area contributed by atoms with Crippen molar-refractivity contribution in [2.45, 2.75) is 124 Å². The Morgan fingerprint density at radius 3 is 2.35 bits per heavy atom. The average Bonchev–Trinajstić information content (AvgIpc) is 3.19. The molecule has 0 aromatic carbocycles. The minimum Gasteiger partial charge on any atom is -0.309 e. The molecule has 2 unspecified atom stereocenters. The van der Waals surface area contributed by atoms with Gasteiger partial charge in [-0.05, 0) is 79.9 Å². The third-order valence-electron chi connectivity index (χ3n) is 8.52. The van der Waals surface area contributed by atoms with Crippen LogP contribution in [-0.2, 0) is 0 Å². The van der Waals surface area contributed by atoms with Gasteiger partial charge in [0.25, 0.3) is 0 Å². The summed E-state index contributed by atoms with van der Waals surface area (Å²) < 4.78 is 0. The lowest BCUT2D eigenvalue weighted by Gasteiger charge is -2.22. The minimum absolute atomic E-state index is 0.689. The van der Waals surface area contributed by atoms with Gasteiger partial charge >= 0.3 is 0 Å². The Bertz CT molecular complexity index is 749. The molecule has 34 heavy (non-hydrogen) atoms. The summed E-state index contributed by atoms with van der Waals surface area (Å²) in [6, 6.07) is 0. The monoisotopic (exact) mass is 467 g/mol. The van der Waals surface area contributed by atoms with Crippen LogP contribution in [0.4, 0.5) is 0 Å². The van der Waals surface area contributed by atoms with Gasteiger partial charge in [0.2, 0.25) is 0 Å². The van der Waals surface area contributed by atoms with Gasteiger partial charge in [-0.25, -0.2) is 0 Å². The van der Waals surface area contributed by atoms with Crippen molar-refractivity contribution in [1.29, 1.82) is 0 Å². The van der Waals surface area contributed by atoms with Crippen LogP contribution in [0.25, 0.3) is 6.08 Å². The molecule has 0 bridgehead atoms. The fourth-order valence-corrected chi connectivity index (χ4v) is 6.13. The van der Waals surface area contributed by atoms with Crippen molar-refractivity contribution >= 4 is 6.08 Å². The summed E-state index contributed by atoms with van der Waals surface area (Å²) in [5.74, 6) is 3.22. The summed E-state index contributed by atoms with van der Waals surface area (Å²) in [5, 5.41) is 4.74. The summed E-state index contributed by atoms with van der Waals surface area (Å²) in [5.41, 5.74) is 7.77. The molecule has 1 aromatic heterocycles. The first kappa shape index (κ1) is 27.1. The number of nitrogens with one attached hydrogen (secondary N) is 1. The van der Waals surface area contributed by atoms with Crippen molar-refractivity contribution in [2.75, 3.05) is 12.0 Å². The number of rotatable bonds is 8. The average molecular weight is 468 g/mol. The molecule has 2 aliphatic rings. The number of hydrogen-bond acceptors (Lipinski definition) is 2. The van der Waals surface area contributed by atoms with E-state index in [1.807, 2.05) is 6.20 Å². The lowest BCUT2D eigenvalue weighted by atomic mass is 9.85. The largest absolute Gasteiger partial charge is 0.309 e. The predicted octanol–water partition coefficient (Wildman–Crippen LogP) is 9.08. The van der Waals surface area contributed by atoms with Crippen LogP contribution in [0.5, 0.6) is 0 Å². The summed E-state index contributed by atoms with van der Waals surface area (Å²) in [6.07, 6.45) is 29.7. The standard InChI is InChI=1S/C31H53N3/c1-5-6-17-30(29-19-10-8-7-9-11-20-29)22-31-26(4)23-32-34(31)33-24-27-15-12-13-18-28(25(2)3)21-14-16-27/h6,17,22-23,25,27-29,33H,5,7-16,18-21,24H2,1-4H3. The highest BCUT2D eigenvalue weighted by atomic mass is 15.6. The van der Waals surface area contributed by atoms with E-state index in [-0.39, 0.29) is 0 Å². The van der Waals surface area contributed by atoms with Gasteiger partial charge in [0, 0.05) is 6.54 Å². The zero-order valence-corrected chi connectivity index (χ0v) is 22.8.